The molecule has 0 aromatic carbocycles. The van der Waals surface area contributed by atoms with E-state index in [2.05, 4.69) is 28.9 Å². The van der Waals surface area contributed by atoms with Crippen molar-refractivity contribution in [2.24, 2.45) is 11.7 Å². The zero-order chi connectivity index (χ0) is 11.5. The summed E-state index contributed by atoms with van der Waals surface area (Å²) in [6.45, 7) is 6.09. The third kappa shape index (κ3) is 2.16. The van der Waals surface area contributed by atoms with Crippen LogP contribution in [0.5, 0.6) is 0 Å². The van der Waals surface area contributed by atoms with Crippen molar-refractivity contribution in [3.05, 3.63) is 17.8 Å². The first-order valence-electron chi connectivity index (χ1n) is 6.01. The second-order valence-corrected chi connectivity index (χ2v) is 4.73. The van der Waals surface area contributed by atoms with E-state index in [1.165, 1.54) is 12.8 Å². The zero-order valence-electron chi connectivity index (χ0n) is 10.1. The van der Waals surface area contributed by atoms with Gasteiger partial charge in [0.1, 0.15) is 0 Å². The molecule has 0 bridgehead atoms. The van der Waals surface area contributed by atoms with Gasteiger partial charge in [-0.1, -0.05) is 13.8 Å². The number of nitrogens with two attached hydrogens (primary N) is 1. The van der Waals surface area contributed by atoms with Gasteiger partial charge in [0.2, 0.25) is 0 Å². The number of hydrogen-bond donors (Lipinski definition) is 1. The molecule has 0 radical (unpaired) electrons. The summed E-state index contributed by atoms with van der Waals surface area (Å²) in [5.41, 5.74) is 6.36. The van der Waals surface area contributed by atoms with Crippen molar-refractivity contribution in [2.75, 3.05) is 11.4 Å². The Morgan fingerprint density at radius 2 is 2.25 bits per heavy atom. The minimum atomic E-state index is 0.459. The van der Waals surface area contributed by atoms with Crippen molar-refractivity contribution >= 4 is 5.82 Å². The zero-order valence-corrected chi connectivity index (χ0v) is 10.1. The van der Waals surface area contributed by atoms with Gasteiger partial charge in [0, 0.05) is 19.1 Å². The fourth-order valence-electron chi connectivity index (χ4n) is 2.38. The summed E-state index contributed by atoms with van der Waals surface area (Å²) in [5.74, 6) is 1.66. The van der Waals surface area contributed by atoms with Crippen LogP contribution in [-0.4, -0.2) is 22.8 Å². The summed E-state index contributed by atoms with van der Waals surface area (Å²) in [7, 11) is 0. The van der Waals surface area contributed by atoms with Crippen LogP contribution in [0.3, 0.4) is 0 Å². The largest absolute Gasteiger partial charge is 0.352 e. The van der Waals surface area contributed by atoms with E-state index >= 15 is 0 Å². The van der Waals surface area contributed by atoms with E-state index < -0.39 is 0 Å². The van der Waals surface area contributed by atoms with Gasteiger partial charge >= 0.3 is 0 Å². The first-order valence-corrected chi connectivity index (χ1v) is 6.01. The molecule has 2 N–H and O–H groups in total. The molecule has 1 aliphatic rings. The molecule has 1 aromatic heterocycles. The highest BCUT2D eigenvalue weighted by molar-refractivity contribution is 5.40. The minimum absolute atomic E-state index is 0.459. The van der Waals surface area contributed by atoms with E-state index in [9.17, 15) is 0 Å². The van der Waals surface area contributed by atoms with Gasteiger partial charge in [-0.15, -0.1) is 5.10 Å². The van der Waals surface area contributed by atoms with Gasteiger partial charge < -0.3 is 10.6 Å². The second-order valence-electron chi connectivity index (χ2n) is 4.73. The normalized spacial score (nSPS) is 20.8. The molecule has 1 aliphatic heterocycles. The molecule has 0 aliphatic carbocycles. The van der Waals surface area contributed by atoms with Crippen LogP contribution >= 0.6 is 0 Å². The van der Waals surface area contributed by atoms with Crippen molar-refractivity contribution in [2.45, 2.75) is 39.3 Å². The number of anilines is 1. The molecular formula is C12H20N4. The van der Waals surface area contributed by atoms with Crippen molar-refractivity contribution < 1.29 is 0 Å². The van der Waals surface area contributed by atoms with Crippen molar-refractivity contribution in [3.63, 3.8) is 0 Å². The highest BCUT2D eigenvalue weighted by Crippen LogP contribution is 2.27. The van der Waals surface area contributed by atoms with Crippen LogP contribution in [-0.2, 0) is 6.54 Å². The van der Waals surface area contributed by atoms with Crippen LogP contribution in [0.15, 0.2) is 12.1 Å². The van der Waals surface area contributed by atoms with E-state index in [1.807, 2.05) is 12.1 Å². The highest BCUT2D eigenvalue weighted by atomic mass is 15.3. The van der Waals surface area contributed by atoms with Crippen LogP contribution in [0, 0.1) is 5.92 Å². The van der Waals surface area contributed by atoms with Crippen LogP contribution in [0.25, 0.3) is 0 Å². The quantitative estimate of drug-likeness (QED) is 0.840. The summed E-state index contributed by atoms with van der Waals surface area (Å²) in [6, 6.07) is 4.62. The summed E-state index contributed by atoms with van der Waals surface area (Å²) >= 11 is 0. The number of nitrogens with zero attached hydrogens (tertiary/aromatic N) is 3. The van der Waals surface area contributed by atoms with E-state index in [0.717, 1.165) is 18.1 Å². The Balaban J connectivity index is 2.16. The molecule has 1 unspecified atom stereocenters. The smallest absolute Gasteiger partial charge is 0.151 e. The average molecular weight is 220 g/mol. The van der Waals surface area contributed by atoms with Gasteiger partial charge in [-0.25, -0.2) is 0 Å². The van der Waals surface area contributed by atoms with Gasteiger partial charge in [0.25, 0.3) is 0 Å². The van der Waals surface area contributed by atoms with Crippen LogP contribution in [0.2, 0.25) is 0 Å². The van der Waals surface area contributed by atoms with Crippen LogP contribution < -0.4 is 10.6 Å². The maximum Gasteiger partial charge on any atom is 0.151 e. The number of hydrogen-bond acceptors (Lipinski definition) is 4. The summed E-state index contributed by atoms with van der Waals surface area (Å²) in [6.07, 6.45) is 2.52. The molecule has 1 aromatic rings. The molecule has 88 valence electrons. The average Bonchev–Trinajstić information content (AvgIpc) is 2.78. The monoisotopic (exact) mass is 220 g/mol. The lowest BCUT2D eigenvalue weighted by atomic mass is 10.0. The molecule has 4 nitrogen and oxygen atoms in total. The Labute approximate surface area is 96.9 Å². The van der Waals surface area contributed by atoms with Gasteiger partial charge in [0.15, 0.2) is 5.82 Å². The maximum atomic E-state index is 5.51. The van der Waals surface area contributed by atoms with Gasteiger partial charge in [-0.3, -0.25) is 0 Å². The third-order valence-electron chi connectivity index (χ3n) is 3.28. The van der Waals surface area contributed by atoms with Gasteiger partial charge in [-0.2, -0.15) is 5.10 Å². The lowest BCUT2D eigenvalue weighted by molar-refractivity contribution is 0.488. The SMILES string of the molecule is CC(C)C1CCCN1c1ccc(CN)nn1. The predicted molar refractivity (Wildman–Crippen MR) is 65.1 cm³/mol. The third-order valence-corrected chi connectivity index (χ3v) is 3.28. The first-order chi connectivity index (χ1) is 7.72. The van der Waals surface area contributed by atoms with Crippen molar-refractivity contribution in [1.82, 2.24) is 10.2 Å². The Bertz CT molecular complexity index is 333. The van der Waals surface area contributed by atoms with E-state index in [1.54, 1.807) is 0 Å². The van der Waals surface area contributed by atoms with Crippen molar-refractivity contribution in [1.29, 1.82) is 0 Å². The fraction of sp³-hybridized carbons (Fsp3) is 0.667. The second kappa shape index (κ2) is 4.78. The Hall–Kier alpha value is -1.16. The van der Waals surface area contributed by atoms with E-state index in [0.29, 0.717) is 18.5 Å². The Morgan fingerprint density at radius 1 is 1.44 bits per heavy atom. The van der Waals surface area contributed by atoms with Gasteiger partial charge in [-0.05, 0) is 30.9 Å². The molecule has 16 heavy (non-hydrogen) atoms. The molecule has 4 heteroatoms. The number of aromatic nitrogens is 2. The summed E-state index contributed by atoms with van der Waals surface area (Å²) in [5, 5.41) is 8.38. The van der Waals surface area contributed by atoms with Gasteiger partial charge in [0.05, 0.1) is 5.69 Å². The standard InChI is InChI=1S/C12H20N4/c1-9(2)11-4-3-7-16(11)12-6-5-10(8-13)14-15-12/h5-6,9,11H,3-4,7-8,13H2,1-2H3. The summed E-state index contributed by atoms with van der Waals surface area (Å²) in [4.78, 5) is 2.37. The Kier molecular flexibility index (Phi) is 3.39. The maximum absolute atomic E-state index is 5.51. The molecule has 2 heterocycles. The molecule has 1 fully saturated rings. The Morgan fingerprint density at radius 3 is 2.81 bits per heavy atom. The van der Waals surface area contributed by atoms with Crippen LogP contribution in [0.1, 0.15) is 32.4 Å². The predicted octanol–water partition coefficient (Wildman–Crippen LogP) is 1.56. The topological polar surface area (TPSA) is 55.0 Å². The molecule has 1 atom stereocenters. The molecule has 0 amide bonds. The van der Waals surface area contributed by atoms with Crippen molar-refractivity contribution in [3.8, 4) is 0 Å². The summed E-state index contributed by atoms with van der Waals surface area (Å²) < 4.78 is 0. The molecule has 0 spiro atoms. The number of rotatable bonds is 3. The van der Waals surface area contributed by atoms with Crippen LogP contribution in [0.4, 0.5) is 5.82 Å². The lowest BCUT2D eigenvalue weighted by Crippen LogP contribution is -2.34. The molecule has 1 saturated heterocycles. The fourth-order valence-corrected chi connectivity index (χ4v) is 2.38. The van der Waals surface area contributed by atoms with E-state index in [4.69, 9.17) is 5.73 Å². The minimum Gasteiger partial charge on any atom is -0.352 e. The molecule has 2 rings (SSSR count). The van der Waals surface area contributed by atoms with E-state index in [-0.39, 0.29) is 0 Å². The first kappa shape index (κ1) is 11.3. The highest BCUT2D eigenvalue weighted by Gasteiger charge is 2.28. The molecular weight excluding hydrogens is 200 g/mol. The lowest BCUT2D eigenvalue weighted by Gasteiger charge is -2.28. The molecule has 0 saturated carbocycles.